The van der Waals surface area contributed by atoms with E-state index >= 15 is 0 Å². The summed E-state index contributed by atoms with van der Waals surface area (Å²) in [7, 11) is -0.407. The van der Waals surface area contributed by atoms with Gasteiger partial charge in [0.15, 0.2) is 0 Å². The lowest BCUT2D eigenvalue weighted by Crippen LogP contribution is -2.48. The van der Waals surface area contributed by atoms with E-state index in [4.69, 9.17) is 15.0 Å². The first kappa shape index (κ1) is 18.1. The molecule has 6 nitrogen and oxygen atoms in total. The summed E-state index contributed by atoms with van der Waals surface area (Å²) in [6, 6.07) is 5.99. The highest BCUT2D eigenvalue weighted by Crippen LogP contribution is 2.37. The van der Waals surface area contributed by atoms with Crippen LogP contribution in [0.1, 0.15) is 34.6 Å². The number of carbonyl (C=O) groups is 1. The summed E-state index contributed by atoms with van der Waals surface area (Å²) in [5, 5.41) is 0. The van der Waals surface area contributed by atoms with Gasteiger partial charge in [-0.2, -0.15) is 0 Å². The van der Waals surface area contributed by atoms with Gasteiger partial charge in [0.2, 0.25) is 5.91 Å². The molecule has 1 aromatic rings. The predicted molar refractivity (Wildman–Crippen MR) is 101 cm³/mol. The molecule has 7 heteroatoms. The Labute approximate surface area is 150 Å². The lowest BCUT2D eigenvalue weighted by atomic mass is 9.78. The van der Waals surface area contributed by atoms with Crippen LogP contribution < -0.4 is 16.1 Å². The molecule has 1 aromatic carbocycles. The standard InChI is InChI=1S/C18H28BN3O3/c1-13(23)21-8-10-22(11-9-21)16-7-6-14(12-15(16)20)19-24-17(2,3)18(4,5)25-19/h6-7,12H,8-11,20H2,1-5H3. The quantitative estimate of drug-likeness (QED) is 0.645. The van der Waals surface area contributed by atoms with E-state index in [9.17, 15) is 4.79 Å². The number of carbonyl (C=O) groups excluding carboxylic acids is 1. The van der Waals surface area contributed by atoms with Crippen LogP contribution in [0.2, 0.25) is 0 Å². The van der Waals surface area contributed by atoms with Crippen molar-refractivity contribution in [2.75, 3.05) is 36.8 Å². The van der Waals surface area contributed by atoms with Crippen LogP contribution in [-0.2, 0) is 14.1 Å². The minimum atomic E-state index is -0.407. The summed E-state index contributed by atoms with van der Waals surface area (Å²) in [5.41, 5.74) is 8.23. The van der Waals surface area contributed by atoms with Crippen LogP contribution in [0.4, 0.5) is 11.4 Å². The lowest BCUT2D eigenvalue weighted by molar-refractivity contribution is -0.129. The van der Waals surface area contributed by atoms with Gasteiger partial charge in [0, 0.05) is 33.1 Å². The second-order valence-electron chi connectivity index (χ2n) is 7.90. The van der Waals surface area contributed by atoms with Crippen LogP contribution in [0, 0.1) is 0 Å². The highest BCUT2D eigenvalue weighted by atomic mass is 16.7. The number of hydrogen-bond donors (Lipinski definition) is 1. The number of hydrogen-bond acceptors (Lipinski definition) is 5. The number of nitrogen functional groups attached to an aromatic ring is 1. The van der Waals surface area contributed by atoms with Crippen molar-refractivity contribution >= 4 is 29.9 Å². The first-order chi connectivity index (χ1) is 11.6. The summed E-state index contributed by atoms with van der Waals surface area (Å²) >= 11 is 0. The Kier molecular flexibility index (Phi) is 4.49. The number of benzene rings is 1. The molecule has 0 radical (unpaired) electrons. The van der Waals surface area contributed by atoms with Gasteiger partial charge in [-0.05, 0) is 45.3 Å². The summed E-state index contributed by atoms with van der Waals surface area (Å²) in [6.07, 6.45) is 0. The zero-order valence-corrected chi connectivity index (χ0v) is 15.8. The van der Waals surface area contributed by atoms with E-state index in [1.807, 2.05) is 50.8 Å². The van der Waals surface area contributed by atoms with Gasteiger partial charge >= 0.3 is 7.12 Å². The van der Waals surface area contributed by atoms with Crippen molar-refractivity contribution in [3.63, 3.8) is 0 Å². The molecule has 2 saturated heterocycles. The van der Waals surface area contributed by atoms with E-state index < -0.39 is 7.12 Å². The first-order valence-corrected chi connectivity index (χ1v) is 8.86. The van der Waals surface area contributed by atoms with E-state index in [-0.39, 0.29) is 17.1 Å². The third kappa shape index (κ3) is 3.35. The number of piperazine rings is 1. The van der Waals surface area contributed by atoms with Gasteiger partial charge in [-0.15, -0.1) is 0 Å². The van der Waals surface area contributed by atoms with E-state index in [2.05, 4.69) is 4.90 Å². The molecule has 2 fully saturated rings. The topological polar surface area (TPSA) is 68.0 Å². The van der Waals surface area contributed by atoms with E-state index in [0.717, 1.165) is 37.3 Å². The lowest BCUT2D eigenvalue weighted by Gasteiger charge is -2.36. The second-order valence-corrected chi connectivity index (χ2v) is 7.90. The Morgan fingerprint density at radius 1 is 1.08 bits per heavy atom. The van der Waals surface area contributed by atoms with Crippen molar-refractivity contribution in [1.82, 2.24) is 4.90 Å². The number of anilines is 2. The van der Waals surface area contributed by atoms with Crippen LogP contribution >= 0.6 is 0 Å². The molecule has 0 saturated carbocycles. The van der Waals surface area contributed by atoms with E-state index in [1.165, 1.54) is 0 Å². The van der Waals surface area contributed by atoms with Crippen molar-refractivity contribution in [3.05, 3.63) is 18.2 Å². The van der Waals surface area contributed by atoms with Crippen molar-refractivity contribution in [2.24, 2.45) is 0 Å². The minimum Gasteiger partial charge on any atom is -0.399 e. The Balaban J connectivity index is 1.73. The van der Waals surface area contributed by atoms with Gasteiger partial charge < -0.3 is 24.8 Å². The van der Waals surface area contributed by atoms with Crippen molar-refractivity contribution in [2.45, 2.75) is 45.8 Å². The fourth-order valence-electron chi connectivity index (χ4n) is 3.25. The van der Waals surface area contributed by atoms with Crippen molar-refractivity contribution in [3.8, 4) is 0 Å². The maximum atomic E-state index is 11.5. The molecular formula is C18H28BN3O3. The molecule has 2 aliphatic rings. The molecule has 0 unspecified atom stereocenters. The summed E-state index contributed by atoms with van der Waals surface area (Å²) in [6.45, 7) is 12.8. The largest absolute Gasteiger partial charge is 0.494 e. The van der Waals surface area contributed by atoms with Gasteiger partial charge in [0.25, 0.3) is 0 Å². The normalized spacial score (nSPS) is 22.4. The second kappa shape index (κ2) is 6.22. The fraction of sp³-hybridized carbons (Fsp3) is 0.611. The van der Waals surface area contributed by atoms with E-state index in [1.54, 1.807) is 6.92 Å². The zero-order chi connectivity index (χ0) is 18.4. The third-order valence-electron chi connectivity index (χ3n) is 5.64. The van der Waals surface area contributed by atoms with Gasteiger partial charge in [-0.3, -0.25) is 4.79 Å². The Morgan fingerprint density at radius 2 is 1.64 bits per heavy atom. The molecule has 0 atom stereocenters. The number of nitrogens with two attached hydrogens (primary N) is 1. The average molecular weight is 345 g/mol. The molecule has 2 N–H and O–H groups in total. The Morgan fingerprint density at radius 3 is 2.12 bits per heavy atom. The molecule has 136 valence electrons. The van der Waals surface area contributed by atoms with E-state index in [0.29, 0.717) is 5.69 Å². The van der Waals surface area contributed by atoms with Crippen LogP contribution in [0.5, 0.6) is 0 Å². The predicted octanol–water partition coefficient (Wildman–Crippen LogP) is 1.24. The maximum absolute atomic E-state index is 11.5. The highest BCUT2D eigenvalue weighted by molar-refractivity contribution is 6.62. The summed E-state index contributed by atoms with van der Waals surface area (Å²) in [4.78, 5) is 15.6. The first-order valence-electron chi connectivity index (χ1n) is 8.86. The van der Waals surface area contributed by atoms with Gasteiger partial charge in [-0.25, -0.2) is 0 Å². The van der Waals surface area contributed by atoms with Gasteiger partial charge in [0.05, 0.1) is 22.6 Å². The molecule has 2 aliphatic heterocycles. The zero-order valence-electron chi connectivity index (χ0n) is 15.8. The number of nitrogens with zero attached hydrogens (tertiary/aromatic N) is 2. The highest BCUT2D eigenvalue weighted by Gasteiger charge is 2.51. The monoisotopic (exact) mass is 345 g/mol. The van der Waals surface area contributed by atoms with Crippen molar-refractivity contribution in [1.29, 1.82) is 0 Å². The van der Waals surface area contributed by atoms with Crippen LogP contribution in [0.3, 0.4) is 0 Å². The number of rotatable bonds is 2. The third-order valence-corrected chi connectivity index (χ3v) is 5.64. The van der Waals surface area contributed by atoms with Crippen molar-refractivity contribution < 1.29 is 14.1 Å². The molecule has 0 spiro atoms. The minimum absolute atomic E-state index is 0.128. The fourth-order valence-corrected chi connectivity index (χ4v) is 3.25. The maximum Gasteiger partial charge on any atom is 0.494 e. The molecule has 1 amide bonds. The molecule has 2 heterocycles. The Hall–Kier alpha value is -1.73. The van der Waals surface area contributed by atoms with Gasteiger partial charge in [-0.1, -0.05) is 6.07 Å². The molecule has 3 rings (SSSR count). The summed E-state index contributed by atoms with van der Waals surface area (Å²) < 4.78 is 12.2. The molecular weight excluding hydrogens is 317 g/mol. The average Bonchev–Trinajstić information content (AvgIpc) is 2.75. The SMILES string of the molecule is CC(=O)N1CCN(c2ccc(B3OC(C)(C)C(C)(C)O3)cc2N)CC1. The van der Waals surface area contributed by atoms with Gasteiger partial charge in [0.1, 0.15) is 0 Å². The Bertz CT molecular complexity index is 654. The molecule has 0 aromatic heterocycles. The molecule has 25 heavy (non-hydrogen) atoms. The smallest absolute Gasteiger partial charge is 0.399 e. The number of amides is 1. The van der Waals surface area contributed by atoms with Crippen LogP contribution in [0.25, 0.3) is 0 Å². The molecule has 0 aliphatic carbocycles. The summed E-state index contributed by atoms with van der Waals surface area (Å²) in [5.74, 6) is 0.128. The van der Waals surface area contributed by atoms with Crippen LogP contribution in [-0.4, -0.2) is 55.3 Å². The van der Waals surface area contributed by atoms with Crippen LogP contribution in [0.15, 0.2) is 18.2 Å². The molecule has 0 bridgehead atoms.